The van der Waals surface area contributed by atoms with Gasteiger partial charge < -0.3 is 9.80 Å². The largest absolute Gasteiger partial charge is 0.336 e. The molecule has 2 bridgehead atoms. The molecule has 2 fully saturated rings. The zero-order chi connectivity index (χ0) is 14.2. The molecule has 2 saturated heterocycles. The van der Waals surface area contributed by atoms with Crippen molar-refractivity contribution in [1.82, 2.24) is 20.0 Å². The minimum atomic E-state index is 0.0706. The van der Waals surface area contributed by atoms with Crippen molar-refractivity contribution < 1.29 is 4.79 Å². The number of amides is 1. The highest BCUT2D eigenvalue weighted by atomic mass is 16.2. The van der Waals surface area contributed by atoms with Crippen LogP contribution in [0, 0.1) is 5.92 Å². The van der Waals surface area contributed by atoms with Crippen molar-refractivity contribution in [2.75, 3.05) is 32.7 Å². The number of piperidine rings is 1. The molecule has 0 aliphatic carbocycles. The summed E-state index contributed by atoms with van der Waals surface area (Å²) in [7, 11) is 0. The topological polar surface area (TPSA) is 52.2 Å². The van der Waals surface area contributed by atoms with Crippen LogP contribution in [0.1, 0.15) is 23.3 Å². The van der Waals surface area contributed by atoms with Crippen LogP contribution < -0.4 is 0 Å². The van der Waals surface area contributed by atoms with Crippen LogP contribution in [0.3, 0.4) is 0 Å². The second-order valence-electron chi connectivity index (χ2n) is 6.18. The van der Waals surface area contributed by atoms with E-state index in [4.69, 9.17) is 0 Å². The summed E-state index contributed by atoms with van der Waals surface area (Å²) in [6, 6.07) is 7.83. The van der Waals surface area contributed by atoms with Crippen molar-refractivity contribution in [2.45, 2.75) is 12.8 Å². The second kappa shape index (κ2) is 5.15. The van der Waals surface area contributed by atoms with Crippen molar-refractivity contribution in [2.24, 2.45) is 5.92 Å². The van der Waals surface area contributed by atoms with E-state index in [0.29, 0.717) is 11.6 Å². The molecule has 0 saturated carbocycles. The Bertz CT molecular complexity index is 665. The number of nitrogens with zero attached hydrogens (tertiary/aromatic N) is 3. The van der Waals surface area contributed by atoms with Gasteiger partial charge >= 0.3 is 0 Å². The van der Waals surface area contributed by atoms with Crippen LogP contribution in [0.15, 0.2) is 24.3 Å². The number of benzene rings is 1. The number of nitrogens with one attached hydrogen (secondary N) is 1. The predicted molar refractivity (Wildman–Crippen MR) is 81.2 cm³/mol. The Kier molecular flexibility index (Phi) is 3.15. The minimum Gasteiger partial charge on any atom is -0.336 e. The summed E-state index contributed by atoms with van der Waals surface area (Å²) in [4.78, 5) is 17.3. The zero-order valence-corrected chi connectivity index (χ0v) is 12.1. The Morgan fingerprint density at radius 2 is 2.10 bits per heavy atom. The highest BCUT2D eigenvalue weighted by Crippen LogP contribution is 2.23. The summed E-state index contributed by atoms with van der Waals surface area (Å²) in [6.07, 6.45) is 2.50. The zero-order valence-electron chi connectivity index (χ0n) is 12.1. The lowest BCUT2D eigenvalue weighted by Crippen LogP contribution is -2.36. The molecule has 110 valence electrons. The molecule has 1 N–H and O–H groups in total. The molecule has 4 rings (SSSR count). The van der Waals surface area contributed by atoms with Gasteiger partial charge in [-0.2, -0.15) is 5.10 Å². The fraction of sp³-hybridized carbons (Fsp3) is 0.500. The summed E-state index contributed by atoms with van der Waals surface area (Å²) in [5.74, 6) is 0.691. The maximum Gasteiger partial charge on any atom is 0.275 e. The van der Waals surface area contributed by atoms with Crippen LogP contribution in [-0.4, -0.2) is 58.6 Å². The molecule has 3 heterocycles. The molecule has 5 heteroatoms. The van der Waals surface area contributed by atoms with Crippen LogP contribution in [0.25, 0.3) is 10.9 Å². The molecule has 2 aromatic rings. The van der Waals surface area contributed by atoms with E-state index in [0.717, 1.165) is 37.1 Å². The van der Waals surface area contributed by atoms with E-state index < -0.39 is 0 Å². The Morgan fingerprint density at radius 3 is 3.05 bits per heavy atom. The highest BCUT2D eigenvalue weighted by molar-refractivity contribution is 6.04. The smallest absolute Gasteiger partial charge is 0.275 e. The number of aromatic nitrogens is 2. The monoisotopic (exact) mass is 284 g/mol. The summed E-state index contributed by atoms with van der Waals surface area (Å²) in [5.41, 5.74) is 1.50. The number of H-pyrrole nitrogens is 1. The number of fused-ring (bicyclic) bond motifs is 3. The molecule has 2 aliphatic heterocycles. The quantitative estimate of drug-likeness (QED) is 0.867. The maximum absolute atomic E-state index is 12.8. The van der Waals surface area contributed by atoms with Gasteiger partial charge in [-0.15, -0.1) is 0 Å². The molecule has 1 aromatic heterocycles. The van der Waals surface area contributed by atoms with E-state index in [-0.39, 0.29) is 5.91 Å². The van der Waals surface area contributed by atoms with Crippen molar-refractivity contribution >= 4 is 16.8 Å². The van der Waals surface area contributed by atoms with Gasteiger partial charge in [0.05, 0.1) is 5.52 Å². The Balaban J connectivity index is 1.62. The molecule has 21 heavy (non-hydrogen) atoms. The average molecular weight is 284 g/mol. The molecule has 2 unspecified atom stereocenters. The first-order chi connectivity index (χ1) is 10.3. The SMILES string of the molecule is O=C(c1n[nH]c2ccccc12)N1CCN2CCCC(C2)C1. The molecule has 2 aliphatic rings. The standard InChI is InChI=1S/C16H20N4O/c21-16(15-13-5-1-2-6-14(13)17-18-15)20-9-8-19-7-3-4-12(10-19)11-20/h1-2,5-6,12H,3-4,7-11H2,(H,17,18). The Hall–Kier alpha value is -1.88. The Labute approximate surface area is 123 Å². The van der Waals surface area contributed by atoms with Gasteiger partial charge in [-0.1, -0.05) is 18.2 Å². The van der Waals surface area contributed by atoms with Crippen molar-refractivity contribution in [3.05, 3.63) is 30.0 Å². The van der Waals surface area contributed by atoms with Crippen LogP contribution in [0.2, 0.25) is 0 Å². The molecule has 5 nitrogen and oxygen atoms in total. The van der Waals surface area contributed by atoms with E-state index in [1.54, 1.807) is 0 Å². The third kappa shape index (κ3) is 2.31. The van der Waals surface area contributed by atoms with Crippen molar-refractivity contribution in [3.63, 3.8) is 0 Å². The number of carbonyl (C=O) groups excluding carboxylic acids is 1. The highest BCUT2D eigenvalue weighted by Gasteiger charge is 2.30. The number of hydrogen-bond donors (Lipinski definition) is 1. The van der Waals surface area contributed by atoms with E-state index in [1.807, 2.05) is 29.2 Å². The summed E-state index contributed by atoms with van der Waals surface area (Å²) in [6.45, 7) is 5.01. The van der Waals surface area contributed by atoms with Crippen molar-refractivity contribution in [1.29, 1.82) is 0 Å². The van der Waals surface area contributed by atoms with E-state index in [9.17, 15) is 4.79 Å². The van der Waals surface area contributed by atoms with Gasteiger partial charge in [0, 0.05) is 31.6 Å². The van der Waals surface area contributed by atoms with Gasteiger partial charge in [0.15, 0.2) is 5.69 Å². The number of carbonyl (C=O) groups is 1. The lowest BCUT2D eigenvalue weighted by atomic mass is 9.98. The molecular formula is C16H20N4O. The summed E-state index contributed by atoms with van der Waals surface area (Å²) in [5, 5.41) is 8.14. The van der Waals surface area contributed by atoms with Gasteiger partial charge in [0.1, 0.15) is 0 Å². The lowest BCUT2D eigenvalue weighted by molar-refractivity contribution is 0.0742. The fourth-order valence-electron chi connectivity index (χ4n) is 3.63. The fourth-order valence-corrected chi connectivity index (χ4v) is 3.63. The summed E-state index contributed by atoms with van der Waals surface area (Å²) >= 11 is 0. The first-order valence-electron chi connectivity index (χ1n) is 7.76. The molecular weight excluding hydrogens is 264 g/mol. The van der Waals surface area contributed by atoms with Crippen LogP contribution >= 0.6 is 0 Å². The summed E-state index contributed by atoms with van der Waals surface area (Å²) < 4.78 is 0. The number of para-hydroxylation sites is 1. The van der Waals surface area contributed by atoms with Gasteiger partial charge in [-0.05, 0) is 31.4 Å². The molecule has 0 spiro atoms. The maximum atomic E-state index is 12.8. The molecule has 1 aromatic carbocycles. The van der Waals surface area contributed by atoms with Crippen LogP contribution in [0.4, 0.5) is 0 Å². The predicted octanol–water partition coefficient (Wildman–Crippen LogP) is 1.73. The van der Waals surface area contributed by atoms with Crippen LogP contribution in [-0.2, 0) is 0 Å². The number of aromatic amines is 1. The molecule has 2 atom stereocenters. The third-order valence-corrected chi connectivity index (χ3v) is 4.73. The number of hydrogen-bond acceptors (Lipinski definition) is 3. The van der Waals surface area contributed by atoms with Crippen molar-refractivity contribution in [3.8, 4) is 0 Å². The first-order valence-corrected chi connectivity index (χ1v) is 7.76. The van der Waals surface area contributed by atoms with E-state index >= 15 is 0 Å². The third-order valence-electron chi connectivity index (χ3n) is 4.73. The lowest BCUT2D eigenvalue weighted by Gasteiger charge is -2.29. The van der Waals surface area contributed by atoms with Gasteiger partial charge in [-0.3, -0.25) is 9.89 Å². The molecule has 1 amide bonds. The van der Waals surface area contributed by atoms with Crippen LogP contribution in [0.5, 0.6) is 0 Å². The van der Waals surface area contributed by atoms with Gasteiger partial charge in [-0.25, -0.2) is 0 Å². The van der Waals surface area contributed by atoms with Gasteiger partial charge in [0.2, 0.25) is 0 Å². The second-order valence-corrected chi connectivity index (χ2v) is 6.18. The normalized spacial score (nSPS) is 25.8. The average Bonchev–Trinajstić information content (AvgIpc) is 2.89. The van der Waals surface area contributed by atoms with E-state index in [2.05, 4.69) is 15.1 Å². The van der Waals surface area contributed by atoms with E-state index in [1.165, 1.54) is 19.4 Å². The van der Waals surface area contributed by atoms with Gasteiger partial charge in [0.25, 0.3) is 5.91 Å². The molecule has 0 radical (unpaired) electrons. The number of rotatable bonds is 1. The Morgan fingerprint density at radius 1 is 1.19 bits per heavy atom. The first kappa shape index (κ1) is 12.8. The minimum absolute atomic E-state index is 0.0706.